The Labute approximate surface area is 86.1 Å². The number of rotatable bonds is 2. The molecule has 14 heavy (non-hydrogen) atoms. The molecule has 0 amide bonds. The smallest absolute Gasteiger partial charge is 0.339 e. The van der Waals surface area contributed by atoms with E-state index in [1.165, 1.54) is 0 Å². The van der Waals surface area contributed by atoms with E-state index < -0.39 is 5.41 Å². The Bertz CT molecular complexity index is 273. The lowest BCUT2D eigenvalue weighted by molar-refractivity contribution is -0.120. The van der Waals surface area contributed by atoms with Gasteiger partial charge in [-0.15, -0.1) is 0 Å². The summed E-state index contributed by atoms with van der Waals surface area (Å²) < 4.78 is 0. The van der Waals surface area contributed by atoms with Crippen LogP contribution in [0.15, 0.2) is 0 Å². The number of hydrogen-bond acceptors (Lipinski definition) is 1. The maximum atomic E-state index is 11.7. The largest absolute Gasteiger partial charge is 0.361 e. The highest BCUT2D eigenvalue weighted by Gasteiger charge is 2.35. The van der Waals surface area contributed by atoms with Gasteiger partial charge in [-0.3, -0.25) is 4.79 Å². The second-order valence-corrected chi connectivity index (χ2v) is 5.86. The van der Waals surface area contributed by atoms with Crippen molar-refractivity contribution < 1.29 is 9.58 Å². The Morgan fingerprint density at radius 3 is 1.79 bits per heavy atom. The SMILES string of the molecule is CC(C)(C)CC(=O)C(=[N+]=[N-])C(C)(C)C. The fourth-order valence-electron chi connectivity index (χ4n) is 1.19. The minimum absolute atomic E-state index is 0.0712. The highest BCUT2D eigenvalue weighted by Crippen LogP contribution is 2.23. The van der Waals surface area contributed by atoms with Crippen LogP contribution in [0, 0.1) is 10.8 Å². The molecule has 0 saturated heterocycles. The molecule has 0 heterocycles. The van der Waals surface area contributed by atoms with E-state index in [9.17, 15) is 4.79 Å². The molecule has 3 nitrogen and oxygen atoms in total. The third-order valence-electron chi connectivity index (χ3n) is 1.77. The predicted molar refractivity (Wildman–Crippen MR) is 57.2 cm³/mol. The van der Waals surface area contributed by atoms with Gasteiger partial charge in [-0.25, -0.2) is 0 Å². The number of carbonyl (C=O) groups is 1. The fraction of sp³-hybridized carbons (Fsp3) is 0.818. The first-order valence-corrected chi connectivity index (χ1v) is 4.83. The van der Waals surface area contributed by atoms with Crippen molar-refractivity contribution in [3.05, 3.63) is 5.53 Å². The van der Waals surface area contributed by atoms with Crippen molar-refractivity contribution in [1.29, 1.82) is 0 Å². The van der Waals surface area contributed by atoms with E-state index in [0.29, 0.717) is 6.42 Å². The second-order valence-electron chi connectivity index (χ2n) is 5.86. The first-order chi connectivity index (χ1) is 6.08. The highest BCUT2D eigenvalue weighted by molar-refractivity contribution is 6.39. The molecule has 0 radical (unpaired) electrons. The molecule has 0 bridgehead atoms. The molecular weight excluding hydrogens is 176 g/mol. The molecule has 0 aliphatic carbocycles. The molecule has 3 heteroatoms. The van der Waals surface area contributed by atoms with Crippen LogP contribution >= 0.6 is 0 Å². The fourth-order valence-corrected chi connectivity index (χ4v) is 1.19. The van der Waals surface area contributed by atoms with E-state index in [-0.39, 0.29) is 16.9 Å². The van der Waals surface area contributed by atoms with Crippen LogP contribution in [-0.2, 0) is 4.79 Å². The summed E-state index contributed by atoms with van der Waals surface area (Å²) in [6.07, 6.45) is 0.406. The zero-order valence-corrected chi connectivity index (χ0v) is 10.0. The molecule has 0 atom stereocenters. The van der Waals surface area contributed by atoms with E-state index in [1.54, 1.807) is 0 Å². The van der Waals surface area contributed by atoms with Crippen molar-refractivity contribution >= 4 is 11.5 Å². The number of hydrogen-bond donors (Lipinski definition) is 0. The summed E-state index contributed by atoms with van der Waals surface area (Å²) in [7, 11) is 0. The van der Waals surface area contributed by atoms with Gasteiger partial charge in [0.05, 0.1) is 5.41 Å². The summed E-state index contributed by atoms with van der Waals surface area (Å²) in [5.41, 5.74) is 8.59. The van der Waals surface area contributed by atoms with Crippen molar-refractivity contribution in [3.63, 3.8) is 0 Å². The van der Waals surface area contributed by atoms with Gasteiger partial charge in [-0.05, 0) is 26.2 Å². The second kappa shape index (κ2) is 4.05. The third kappa shape index (κ3) is 4.33. The minimum atomic E-state index is -0.392. The molecule has 0 N–H and O–H groups in total. The first kappa shape index (κ1) is 13.1. The molecule has 0 unspecified atom stereocenters. The summed E-state index contributed by atoms with van der Waals surface area (Å²) in [4.78, 5) is 14.9. The van der Waals surface area contributed by atoms with Crippen LogP contribution in [-0.4, -0.2) is 16.3 Å². The first-order valence-electron chi connectivity index (χ1n) is 4.83. The lowest BCUT2D eigenvalue weighted by atomic mass is 9.81. The highest BCUT2D eigenvalue weighted by atomic mass is 16.1. The lowest BCUT2D eigenvalue weighted by Gasteiger charge is -2.18. The van der Waals surface area contributed by atoms with Crippen LogP contribution in [0.2, 0.25) is 0 Å². The standard InChI is InChI=1S/C11H20N2O/c1-10(2,3)7-8(14)9(13-12)11(4,5)6/h7H2,1-6H3. The monoisotopic (exact) mass is 196 g/mol. The van der Waals surface area contributed by atoms with E-state index in [1.807, 2.05) is 41.5 Å². The number of nitrogens with zero attached hydrogens (tertiary/aromatic N) is 2. The molecular formula is C11H20N2O. The molecule has 0 aromatic heterocycles. The van der Waals surface area contributed by atoms with Gasteiger partial charge in [-0.1, -0.05) is 20.8 Å². The summed E-state index contributed by atoms with van der Waals surface area (Å²) in [5, 5.41) is 0. The lowest BCUT2D eigenvalue weighted by Crippen LogP contribution is -2.32. The van der Waals surface area contributed by atoms with Crippen LogP contribution in [0.1, 0.15) is 48.0 Å². The molecule has 0 rings (SSSR count). The normalized spacial score (nSPS) is 12.1. The van der Waals surface area contributed by atoms with Crippen LogP contribution in [0.5, 0.6) is 0 Å². The molecule has 0 aromatic rings. The number of ketones is 1. The van der Waals surface area contributed by atoms with Gasteiger partial charge in [0.2, 0.25) is 5.78 Å². The van der Waals surface area contributed by atoms with Gasteiger partial charge in [0.25, 0.3) is 0 Å². The quantitative estimate of drug-likeness (QED) is 0.380. The molecule has 0 fully saturated rings. The average molecular weight is 196 g/mol. The maximum Gasteiger partial charge on any atom is 0.339 e. The van der Waals surface area contributed by atoms with Gasteiger partial charge in [0.1, 0.15) is 0 Å². The molecule has 80 valence electrons. The van der Waals surface area contributed by atoms with E-state index in [4.69, 9.17) is 5.53 Å². The Kier molecular flexibility index (Phi) is 3.78. The van der Waals surface area contributed by atoms with Crippen LogP contribution in [0.3, 0.4) is 0 Å². The van der Waals surface area contributed by atoms with Gasteiger partial charge in [0, 0.05) is 6.42 Å². The third-order valence-corrected chi connectivity index (χ3v) is 1.77. The van der Waals surface area contributed by atoms with Crippen molar-refractivity contribution in [2.75, 3.05) is 0 Å². The Hall–Kier alpha value is -0.950. The van der Waals surface area contributed by atoms with Crippen molar-refractivity contribution in [1.82, 2.24) is 0 Å². The van der Waals surface area contributed by atoms with Gasteiger partial charge < -0.3 is 5.53 Å². The zero-order valence-electron chi connectivity index (χ0n) is 10.0. The number of carbonyl (C=O) groups excluding carboxylic acids is 1. The van der Waals surface area contributed by atoms with Gasteiger partial charge in [0.15, 0.2) is 0 Å². The molecule has 0 spiro atoms. The summed E-state index contributed by atoms with van der Waals surface area (Å²) in [6, 6.07) is 0. The van der Waals surface area contributed by atoms with E-state index in [0.717, 1.165) is 0 Å². The summed E-state index contributed by atoms with van der Waals surface area (Å²) in [5.74, 6) is -0.0764. The Morgan fingerprint density at radius 2 is 1.57 bits per heavy atom. The zero-order chi connectivity index (χ0) is 11.6. The van der Waals surface area contributed by atoms with Gasteiger partial charge >= 0.3 is 5.71 Å². The number of Topliss-reactive ketones (excluding diaryl/α,β-unsaturated/α-hetero) is 1. The average Bonchev–Trinajstić information content (AvgIpc) is 1.79. The Balaban J connectivity index is 4.78. The molecule has 0 saturated carbocycles. The minimum Gasteiger partial charge on any atom is -0.361 e. The van der Waals surface area contributed by atoms with Crippen molar-refractivity contribution in [2.45, 2.75) is 48.0 Å². The topological polar surface area (TPSA) is 53.5 Å². The molecule has 0 aromatic carbocycles. The Morgan fingerprint density at radius 1 is 1.14 bits per heavy atom. The van der Waals surface area contributed by atoms with Crippen LogP contribution in [0.25, 0.3) is 5.53 Å². The predicted octanol–water partition coefficient (Wildman–Crippen LogP) is 2.71. The van der Waals surface area contributed by atoms with Crippen LogP contribution in [0.4, 0.5) is 0 Å². The van der Waals surface area contributed by atoms with E-state index >= 15 is 0 Å². The molecule has 0 aliphatic rings. The summed E-state index contributed by atoms with van der Waals surface area (Å²) >= 11 is 0. The van der Waals surface area contributed by atoms with Gasteiger partial charge in [-0.2, -0.15) is 4.79 Å². The summed E-state index contributed by atoms with van der Waals surface area (Å²) in [6.45, 7) is 11.6. The van der Waals surface area contributed by atoms with E-state index in [2.05, 4.69) is 4.79 Å². The molecule has 0 aliphatic heterocycles. The maximum absolute atomic E-state index is 11.7. The van der Waals surface area contributed by atoms with Crippen molar-refractivity contribution in [2.24, 2.45) is 10.8 Å². The van der Waals surface area contributed by atoms with Crippen molar-refractivity contribution in [3.8, 4) is 0 Å². The van der Waals surface area contributed by atoms with Crippen LogP contribution < -0.4 is 0 Å².